The van der Waals surface area contributed by atoms with Crippen molar-refractivity contribution >= 4 is 17.5 Å². The van der Waals surface area contributed by atoms with Gasteiger partial charge in [0.1, 0.15) is 5.70 Å². The molecule has 2 aromatic rings. The number of benzene rings is 2. The monoisotopic (exact) mass is 348 g/mol. The number of alkyl halides is 3. The molecular formula is C17H13F3N3O2. The zero-order valence-electron chi connectivity index (χ0n) is 12.7. The summed E-state index contributed by atoms with van der Waals surface area (Å²) in [6.45, 7) is 0. The topological polar surface area (TPSA) is 72.3 Å². The molecule has 2 aliphatic rings. The van der Waals surface area contributed by atoms with E-state index in [1.165, 1.54) is 17.1 Å². The van der Waals surface area contributed by atoms with Crippen LogP contribution >= 0.6 is 0 Å². The SMILES string of the molecule is O.OC1=C2C=Cc3ccccc3N2[N]N1c1cccc(C(F)(F)F)c1. The van der Waals surface area contributed by atoms with E-state index < -0.39 is 11.7 Å². The lowest BCUT2D eigenvalue weighted by Gasteiger charge is -2.24. The first kappa shape index (κ1) is 16.9. The van der Waals surface area contributed by atoms with Gasteiger partial charge in [-0.3, -0.25) is 0 Å². The van der Waals surface area contributed by atoms with Crippen LogP contribution in [-0.4, -0.2) is 10.6 Å². The van der Waals surface area contributed by atoms with Gasteiger partial charge in [0.25, 0.3) is 0 Å². The molecule has 0 saturated heterocycles. The summed E-state index contributed by atoms with van der Waals surface area (Å²) in [5, 5.41) is 13.0. The highest BCUT2D eigenvalue weighted by atomic mass is 19.4. The molecule has 0 amide bonds. The van der Waals surface area contributed by atoms with Gasteiger partial charge in [0, 0.05) is 0 Å². The van der Waals surface area contributed by atoms with Gasteiger partial charge in [-0.05, 0) is 41.4 Å². The van der Waals surface area contributed by atoms with Crippen molar-refractivity contribution in [3.8, 4) is 0 Å². The van der Waals surface area contributed by atoms with E-state index in [1.54, 1.807) is 6.08 Å². The van der Waals surface area contributed by atoms with Crippen LogP contribution < -0.4 is 15.6 Å². The zero-order valence-corrected chi connectivity index (χ0v) is 12.7. The van der Waals surface area contributed by atoms with Gasteiger partial charge in [0.15, 0.2) is 0 Å². The van der Waals surface area contributed by atoms with E-state index in [1.807, 2.05) is 30.3 Å². The number of nitrogens with zero attached hydrogens (tertiary/aromatic N) is 3. The first-order valence-electron chi connectivity index (χ1n) is 7.14. The lowest BCUT2D eigenvalue weighted by molar-refractivity contribution is -0.137. The summed E-state index contributed by atoms with van der Waals surface area (Å²) in [5.74, 6) is -0.222. The van der Waals surface area contributed by atoms with E-state index >= 15 is 0 Å². The van der Waals surface area contributed by atoms with E-state index in [4.69, 9.17) is 0 Å². The van der Waals surface area contributed by atoms with Gasteiger partial charge in [-0.25, -0.2) is 10.0 Å². The van der Waals surface area contributed by atoms with Crippen molar-refractivity contribution in [1.82, 2.24) is 5.53 Å². The van der Waals surface area contributed by atoms with Crippen LogP contribution in [0.4, 0.5) is 24.5 Å². The Morgan fingerprint density at radius 2 is 1.68 bits per heavy atom. The normalized spacial score (nSPS) is 15.8. The van der Waals surface area contributed by atoms with E-state index in [2.05, 4.69) is 5.53 Å². The molecule has 3 N–H and O–H groups in total. The van der Waals surface area contributed by atoms with Gasteiger partial charge in [0.2, 0.25) is 5.88 Å². The Kier molecular flexibility index (Phi) is 3.94. The maximum atomic E-state index is 12.9. The van der Waals surface area contributed by atoms with Crippen molar-refractivity contribution < 1.29 is 23.8 Å². The molecule has 2 aromatic carbocycles. The maximum absolute atomic E-state index is 12.9. The highest BCUT2D eigenvalue weighted by molar-refractivity contribution is 5.78. The van der Waals surface area contributed by atoms with E-state index in [0.717, 1.165) is 28.4 Å². The highest BCUT2D eigenvalue weighted by Crippen LogP contribution is 2.38. The molecule has 0 saturated carbocycles. The van der Waals surface area contributed by atoms with Crippen molar-refractivity contribution in [1.29, 1.82) is 0 Å². The Labute approximate surface area is 141 Å². The molecule has 8 heteroatoms. The lowest BCUT2D eigenvalue weighted by atomic mass is 10.1. The number of halogens is 3. The largest absolute Gasteiger partial charge is 0.492 e. The minimum atomic E-state index is -4.46. The third-order valence-corrected chi connectivity index (χ3v) is 3.84. The summed E-state index contributed by atoms with van der Waals surface area (Å²) in [6, 6.07) is 12.1. The van der Waals surface area contributed by atoms with Crippen LogP contribution in [0.2, 0.25) is 0 Å². The predicted octanol–water partition coefficient (Wildman–Crippen LogP) is 3.40. The number of hydrogen-bond acceptors (Lipinski definition) is 3. The number of hydrogen-bond donors (Lipinski definition) is 1. The van der Waals surface area contributed by atoms with E-state index in [-0.39, 0.29) is 17.0 Å². The Balaban J connectivity index is 0.00000182. The number of aliphatic hydroxyl groups is 1. The Morgan fingerprint density at radius 1 is 0.920 bits per heavy atom. The van der Waals surface area contributed by atoms with Gasteiger partial charge in [-0.1, -0.05) is 30.3 Å². The second kappa shape index (κ2) is 5.83. The van der Waals surface area contributed by atoms with Crippen LogP contribution in [-0.2, 0) is 6.18 Å². The van der Waals surface area contributed by atoms with E-state index in [9.17, 15) is 18.3 Å². The summed E-state index contributed by atoms with van der Waals surface area (Å²) >= 11 is 0. The average Bonchev–Trinajstić information content (AvgIpc) is 2.92. The molecule has 0 aromatic heterocycles. The van der Waals surface area contributed by atoms with Crippen molar-refractivity contribution in [2.45, 2.75) is 6.18 Å². The molecule has 0 unspecified atom stereocenters. The summed E-state index contributed by atoms with van der Waals surface area (Å²) in [5.41, 5.74) is 5.65. The van der Waals surface area contributed by atoms with Gasteiger partial charge in [0.05, 0.1) is 16.9 Å². The van der Waals surface area contributed by atoms with Crippen molar-refractivity contribution in [3.63, 3.8) is 0 Å². The lowest BCUT2D eigenvalue weighted by Crippen LogP contribution is -2.35. The minimum Gasteiger partial charge on any atom is -0.492 e. The number of anilines is 2. The number of rotatable bonds is 1. The molecule has 1 radical (unpaired) electrons. The van der Waals surface area contributed by atoms with Crippen molar-refractivity contribution in [3.05, 3.63) is 77.3 Å². The number of allylic oxidation sites excluding steroid dienone is 1. The van der Waals surface area contributed by atoms with Crippen LogP contribution in [0.5, 0.6) is 0 Å². The van der Waals surface area contributed by atoms with E-state index in [0.29, 0.717) is 5.70 Å². The smallest absolute Gasteiger partial charge is 0.416 e. The fraction of sp³-hybridized carbons (Fsp3) is 0.0588. The summed E-state index contributed by atoms with van der Waals surface area (Å²) < 4.78 is 38.7. The van der Waals surface area contributed by atoms with Gasteiger partial charge < -0.3 is 10.6 Å². The maximum Gasteiger partial charge on any atom is 0.416 e. The molecule has 2 heterocycles. The van der Waals surface area contributed by atoms with Gasteiger partial charge >= 0.3 is 6.18 Å². The predicted molar refractivity (Wildman–Crippen MR) is 87.3 cm³/mol. The first-order valence-corrected chi connectivity index (χ1v) is 7.14. The molecule has 5 nitrogen and oxygen atoms in total. The zero-order chi connectivity index (χ0) is 16.9. The van der Waals surface area contributed by atoms with Gasteiger partial charge in [-0.2, -0.15) is 13.2 Å². The van der Waals surface area contributed by atoms with Crippen LogP contribution in [0.25, 0.3) is 6.08 Å². The molecule has 0 spiro atoms. The van der Waals surface area contributed by atoms with Gasteiger partial charge in [-0.15, -0.1) is 0 Å². The quantitative estimate of drug-likeness (QED) is 0.858. The molecule has 2 aliphatic heterocycles. The second-order valence-electron chi connectivity index (χ2n) is 5.36. The second-order valence-corrected chi connectivity index (χ2v) is 5.36. The van der Waals surface area contributed by atoms with Crippen LogP contribution in [0.15, 0.2) is 66.2 Å². The van der Waals surface area contributed by atoms with Crippen molar-refractivity contribution in [2.75, 3.05) is 10.0 Å². The van der Waals surface area contributed by atoms with Crippen LogP contribution in [0, 0.1) is 0 Å². The summed E-state index contributed by atoms with van der Waals surface area (Å²) in [4.78, 5) is 0. The van der Waals surface area contributed by atoms with Crippen LogP contribution in [0.1, 0.15) is 11.1 Å². The standard InChI is InChI=1S/C17H11F3N3O.H2O/c18-17(19,20)12-5-3-6-13(10-12)22-16(24)15-9-8-11-4-1-2-7-14(11)23(15)21-22;/h1-10,24H;1H2. The Morgan fingerprint density at radius 3 is 2.44 bits per heavy atom. The first-order chi connectivity index (χ1) is 11.4. The molecule has 0 aliphatic carbocycles. The third kappa shape index (κ3) is 2.71. The van der Waals surface area contributed by atoms with Crippen molar-refractivity contribution in [2.24, 2.45) is 0 Å². The number of aliphatic hydroxyl groups excluding tert-OH is 1. The molecule has 25 heavy (non-hydrogen) atoms. The van der Waals surface area contributed by atoms with Crippen LogP contribution in [0.3, 0.4) is 0 Å². The molecular weight excluding hydrogens is 335 g/mol. The molecule has 0 atom stereocenters. The average molecular weight is 348 g/mol. The third-order valence-electron chi connectivity index (χ3n) is 3.84. The minimum absolute atomic E-state index is 0. The summed E-state index contributed by atoms with van der Waals surface area (Å²) in [6.07, 6.45) is -0.963. The molecule has 129 valence electrons. The molecule has 4 rings (SSSR count). The fourth-order valence-corrected chi connectivity index (χ4v) is 2.68. The summed E-state index contributed by atoms with van der Waals surface area (Å²) in [7, 11) is 0. The Bertz CT molecular complexity index is 877. The Hall–Kier alpha value is -2.97. The highest BCUT2D eigenvalue weighted by Gasteiger charge is 2.36. The molecule has 0 fully saturated rings. The molecule has 0 bridgehead atoms. The number of para-hydroxylation sites is 1. The fourth-order valence-electron chi connectivity index (χ4n) is 2.68. The number of fused-ring (bicyclic) bond motifs is 3.